The van der Waals surface area contributed by atoms with E-state index in [2.05, 4.69) is 21.2 Å². The van der Waals surface area contributed by atoms with Crippen molar-refractivity contribution in [1.29, 1.82) is 0 Å². The summed E-state index contributed by atoms with van der Waals surface area (Å²) in [6, 6.07) is 7.20. The molecule has 1 atom stereocenters. The molecule has 0 fully saturated rings. The fourth-order valence-corrected chi connectivity index (χ4v) is 3.07. The molecule has 1 aromatic carbocycles. The zero-order valence-electron chi connectivity index (χ0n) is 10.0. The summed E-state index contributed by atoms with van der Waals surface area (Å²) in [5.74, 6) is 0.222. The third kappa shape index (κ3) is 2.58. The Kier molecular flexibility index (Phi) is 4.37. The maximum Gasteiger partial charge on any atom is 0.141 e. The van der Waals surface area contributed by atoms with Crippen molar-refractivity contribution in [2.24, 2.45) is 0 Å². The monoisotopic (exact) mass is 329 g/mol. The highest BCUT2D eigenvalue weighted by Gasteiger charge is 2.19. The SMILES string of the molecule is CNC(c1cccs1)c1cc(Br)c(F)cc1OC. The number of ether oxygens (including phenoxy) is 1. The number of benzene rings is 1. The molecular formula is C13H13BrFNOS. The Hall–Kier alpha value is -0.910. The Morgan fingerprint density at radius 1 is 1.44 bits per heavy atom. The molecule has 1 heterocycles. The van der Waals surface area contributed by atoms with Gasteiger partial charge in [0, 0.05) is 16.5 Å². The number of nitrogens with one attached hydrogen (secondary N) is 1. The van der Waals surface area contributed by atoms with E-state index in [0.717, 1.165) is 10.4 Å². The summed E-state index contributed by atoms with van der Waals surface area (Å²) in [6.07, 6.45) is 0. The largest absolute Gasteiger partial charge is 0.496 e. The summed E-state index contributed by atoms with van der Waals surface area (Å²) in [6.45, 7) is 0. The van der Waals surface area contributed by atoms with Crippen LogP contribution in [0.2, 0.25) is 0 Å². The van der Waals surface area contributed by atoms with Crippen LogP contribution in [0.25, 0.3) is 0 Å². The van der Waals surface area contributed by atoms with E-state index in [9.17, 15) is 4.39 Å². The first-order valence-electron chi connectivity index (χ1n) is 5.41. The normalized spacial score (nSPS) is 12.4. The van der Waals surface area contributed by atoms with Crippen LogP contribution in [-0.4, -0.2) is 14.2 Å². The Bertz CT molecular complexity index is 530. The topological polar surface area (TPSA) is 21.3 Å². The molecule has 5 heteroatoms. The summed E-state index contributed by atoms with van der Waals surface area (Å²) >= 11 is 4.87. The maximum absolute atomic E-state index is 13.5. The van der Waals surface area contributed by atoms with Crippen molar-refractivity contribution in [2.75, 3.05) is 14.2 Å². The zero-order valence-corrected chi connectivity index (χ0v) is 12.4. The lowest BCUT2D eigenvalue weighted by molar-refractivity contribution is 0.401. The van der Waals surface area contributed by atoms with Gasteiger partial charge in [-0.1, -0.05) is 6.07 Å². The molecule has 0 saturated carbocycles. The second-order valence-corrected chi connectivity index (χ2v) is 5.58. The van der Waals surface area contributed by atoms with Gasteiger partial charge in [-0.05, 0) is 40.5 Å². The molecule has 1 unspecified atom stereocenters. The standard InChI is InChI=1S/C13H13BrFNOS/c1-16-13(12-4-3-5-18-12)8-6-9(14)10(15)7-11(8)17-2/h3-7,13,16H,1-2H3. The Labute approximate surface area is 118 Å². The third-order valence-corrected chi connectivity index (χ3v) is 4.24. The molecule has 0 amide bonds. The predicted octanol–water partition coefficient (Wildman–Crippen LogP) is 3.97. The molecule has 1 N–H and O–H groups in total. The minimum absolute atomic E-state index is 0.00292. The van der Waals surface area contributed by atoms with Gasteiger partial charge < -0.3 is 10.1 Å². The van der Waals surface area contributed by atoms with Crippen molar-refractivity contribution in [3.05, 3.63) is 50.4 Å². The van der Waals surface area contributed by atoms with Crippen molar-refractivity contribution in [2.45, 2.75) is 6.04 Å². The second kappa shape index (κ2) is 5.82. The minimum atomic E-state index is -0.323. The summed E-state index contributed by atoms with van der Waals surface area (Å²) in [5.41, 5.74) is 0.913. The maximum atomic E-state index is 13.5. The molecule has 2 nitrogen and oxygen atoms in total. The van der Waals surface area contributed by atoms with Gasteiger partial charge in [0.2, 0.25) is 0 Å². The Morgan fingerprint density at radius 2 is 2.22 bits per heavy atom. The van der Waals surface area contributed by atoms with Crippen molar-refractivity contribution < 1.29 is 9.13 Å². The van der Waals surface area contributed by atoms with Gasteiger partial charge >= 0.3 is 0 Å². The summed E-state index contributed by atoms with van der Waals surface area (Å²) in [5, 5.41) is 5.25. The Morgan fingerprint density at radius 3 is 2.78 bits per heavy atom. The van der Waals surface area contributed by atoms with Gasteiger partial charge in [-0.15, -0.1) is 11.3 Å². The van der Waals surface area contributed by atoms with E-state index in [4.69, 9.17) is 4.74 Å². The fraction of sp³-hybridized carbons (Fsp3) is 0.231. The molecule has 0 radical (unpaired) electrons. The van der Waals surface area contributed by atoms with Crippen molar-refractivity contribution in [3.63, 3.8) is 0 Å². The van der Waals surface area contributed by atoms with Gasteiger partial charge in [0.1, 0.15) is 11.6 Å². The van der Waals surface area contributed by atoms with Gasteiger partial charge in [0.15, 0.2) is 0 Å². The van der Waals surface area contributed by atoms with E-state index in [0.29, 0.717) is 10.2 Å². The van der Waals surface area contributed by atoms with Crippen molar-refractivity contribution in [3.8, 4) is 5.75 Å². The lowest BCUT2D eigenvalue weighted by atomic mass is 10.0. The average Bonchev–Trinajstić information content (AvgIpc) is 2.88. The molecular weight excluding hydrogens is 317 g/mol. The molecule has 0 aliphatic rings. The van der Waals surface area contributed by atoms with Crippen LogP contribution < -0.4 is 10.1 Å². The molecule has 18 heavy (non-hydrogen) atoms. The molecule has 0 saturated heterocycles. The third-order valence-electron chi connectivity index (χ3n) is 2.70. The van der Waals surface area contributed by atoms with Crippen LogP contribution in [0.15, 0.2) is 34.1 Å². The van der Waals surface area contributed by atoms with Crippen LogP contribution in [0, 0.1) is 5.82 Å². The number of thiophene rings is 1. The highest BCUT2D eigenvalue weighted by molar-refractivity contribution is 9.10. The van der Waals surface area contributed by atoms with Crippen LogP contribution in [0.4, 0.5) is 4.39 Å². The summed E-state index contributed by atoms with van der Waals surface area (Å²) < 4.78 is 19.2. The number of halogens is 2. The van der Waals surface area contributed by atoms with Crippen LogP contribution in [0.5, 0.6) is 5.75 Å². The second-order valence-electron chi connectivity index (χ2n) is 3.75. The lowest BCUT2D eigenvalue weighted by Crippen LogP contribution is -2.17. The molecule has 2 rings (SSSR count). The molecule has 2 aromatic rings. The van der Waals surface area contributed by atoms with Crippen LogP contribution in [-0.2, 0) is 0 Å². The first-order chi connectivity index (χ1) is 8.67. The highest BCUT2D eigenvalue weighted by atomic mass is 79.9. The van der Waals surface area contributed by atoms with Gasteiger partial charge in [0.05, 0.1) is 17.6 Å². The van der Waals surface area contributed by atoms with Crippen molar-refractivity contribution in [1.82, 2.24) is 5.32 Å². The van der Waals surface area contributed by atoms with Crippen LogP contribution in [0.1, 0.15) is 16.5 Å². The number of hydrogen-bond donors (Lipinski definition) is 1. The number of rotatable bonds is 4. The molecule has 0 bridgehead atoms. The van der Waals surface area contributed by atoms with E-state index in [-0.39, 0.29) is 11.9 Å². The van der Waals surface area contributed by atoms with E-state index in [1.54, 1.807) is 24.5 Å². The zero-order chi connectivity index (χ0) is 13.1. The molecule has 0 spiro atoms. The molecule has 0 aliphatic heterocycles. The number of methoxy groups -OCH3 is 1. The Balaban J connectivity index is 2.51. The van der Waals surface area contributed by atoms with E-state index in [1.165, 1.54) is 6.07 Å². The van der Waals surface area contributed by atoms with E-state index < -0.39 is 0 Å². The van der Waals surface area contributed by atoms with Gasteiger partial charge in [-0.2, -0.15) is 0 Å². The van der Waals surface area contributed by atoms with Gasteiger partial charge in [-0.25, -0.2) is 4.39 Å². The minimum Gasteiger partial charge on any atom is -0.496 e. The summed E-state index contributed by atoms with van der Waals surface area (Å²) in [7, 11) is 3.43. The first kappa shape index (κ1) is 13.5. The summed E-state index contributed by atoms with van der Waals surface area (Å²) in [4.78, 5) is 1.16. The van der Waals surface area contributed by atoms with E-state index in [1.807, 2.05) is 24.6 Å². The molecule has 1 aromatic heterocycles. The van der Waals surface area contributed by atoms with Crippen LogP contribution >= 0.6 is 27.3 Å². The number of hydrogen-bond acceptors (Lipinski definition) is 3. The predicted molar refractivity (Wildman–Crippen MR) is 75.9 cm³/mol. The van der Waals surface area contributed by atoms with Gasteiger partial charge in [-0.3, -0.25) is 0 Å². The quantitative estimate of drug-likeness (QED) is 0.916. The fourth-order valence-electron chi connectivity index (χ4n) is 1.85. The highest BCUT2D eigenvalue weighted by Crippen LogP contribution is 2.35. The molecule has 96 valence electrons. The molecule has 0 aliphatic carbocycles. The van der Waals surface area contributed by atoms with Gasteiger partial charge in [0.25, 0.3) is 0 Å². The van der Waals surface area contributed by atoms with Crippen molar-refractivity contribution >= 4 is 27.3 Å². The smallest absolute Gasteiger partial charge is 0.141 e. The average molecular weight is 330 g/mol. The van der Waals surface area contributed by atoms with Crippen LogP contribution in [0.3, 0.4) is 0 Å². The van der Waals surface area contributed by atoms with E-state index >= 15 is 0 Å². The lowest BCUT2D eigenvalue weighted by Gasteiger charge is -2.18. The first-order valence-corrected chi connectivity index (χ1v) is 7.08.